The molecule has 0 spiro atoms. The SMILES string of the molecule is COc1ccc(N/C=C(\C)c2ccccc2)cc1. The van der Waals surface area contributed by atoms with E-state index in [-0.39, 0.29) is 0 Å². The summed E-state index contributed by atoms with van der Waals surface area (Å²) < 4.78 is 5.12. The minimum atomic E-state index is 0.865. The Kier molecular flexibility index (Phi) is 4.02. The van der Waals surface area contributed by atoms with Crippen LogP contribution in [-0.4, -0.2) is 7.11 Å². The first-order valence-electron chi connectivity index (χ1n) is 5.92. The van der Waals surface area contributed by atoms with Gasteiger partial charge in [-0.05, 0) is 42.3 Å². The highest BCUT2D eigenvalue weighted by Crippen LogP contribution is 2.17. The zero-order valence-electron chi connectivity index (χ0n) is 10.7. The van der Waals surface area contributed by atoms with Crippen LogP contribution in [0.3, 0.4) is 0 Å². The van der Waals surface area contributed by atoms with Crippen LogP contribution in [0.2, 0.25) is 0 Å². The second-order valence-electron chi connectivity index (χ2n) is 4.07. The molecule has 0 saturated carbocycles. The van der Waals surface area contributed by atoms with E-state index in [1.54, 1.807) is 7.11 Å². The Morgan fingerprint density at radius 2 is 1.67 bits per heavy atom. The van der Waals surface area contributed by atoms with Gasteiger partial charge >= 0.3 is 0 Å². The number of methoxy groups -OCH3 is 1. The summed E-state index contributed by atoms with van der Waals surface area (Å²) in [5.74, 6) is 0.865. The van der Waals surface area contributed by atoms with Gasteiger partial charge in [-0.25, -0.2) is 0 Å². The third-order valence-electron chi connectivity index (χ3n) is 2.77. The average molecular weight is 239 g/mol. The zero-order chi connectivity index (χ0) is 12.8. The van der Waals surface area contributed by atoms with E-state index in [1.165, 1.54) is 11.1 Å². The van der Waals surface area contributed by atoms with Gasteiger partial charge in [-0.15, -0.1) is 0 Å². The number of hydrogen-bond acceptors (Lipinski definition) is 2. The standard InChI is InChI=1S/C16H17NO/c1-13(14-6-4-3-5-7-14)12-17-15-8-10-16(18-2)11-9-15/h3-12,17H,1-2H3/b13-12+. The Balaban J connectivity index is 2.05. The van der Waals surface area contributed by atoms with Gasteiger partial charge in [0.25, 0.3) is 0 Å². The number of allylic oxidation sites excluding steroid dienone is 1. The molecule has 0 amide bonds. The van der Waals surface area contributed by atoms with Gasteiger partial charge in [-0.2, -0.15) is 0 Å². The molecular formula is C16H17NO. The van der Waals surface area contributed by atoms with Crippen molar-refractivity contribution in [1.82, 2.24) is 0 Å². The maximum absolute atomic E-state index is 5.12. The second kappa shape index (κ2) is 5.92. The van der Waals surface area contributed by atoms with E-state index in [2.05, 4.69) is 24.4 Å². The molecule has 0 heterocycles. The molecule has 0 atom stereocenters. The third kappa shape index (κ3) is 3.14. The summed E-state index contributed by atoms with van der Waals surface area (Å²) in [4.78, 5) is 0. The first kappa shape index (κ1) is 12.2. The molecule has 2 aromatic carbocycles. The monoisotopic (exact) mass is 239 g/mol. The lowest BCUT2D eigenvalue weighted by Crippen LogP contribution is -1.90. The zero-order valence-corrected chi connectivity index (χ0v) is 10.7. The number of hydrogen-bond donors (Lipinski definition) is 1. The van der Waals surface area contributed by atoms with Crippen molar-refractivity contribution in [2.75, 3.05) is 12.4 Å². The molecule has 0 bridgehead atoms. The van der Waals surface area contributed by atoms with Gasteiger partial charge in [-0.3, -0.25) is 0 Å². The van der Waals surface area contributed by atoms with Gasteiger partial charge < -0.3 is 10.1 Å². The van der Waals surface area contributed by atoms with Crippen LogP contribution >= 0.6 is 0 Å². The summed E-state index contributed by atoms with van der Waals surface area (Å²) in [7, 11) is 1.67. The fourth-order valence-electron chi connectivity index (χ4n) is 1.66. The number of anilines is 1. The van der Waals surface area contributed by atoms with E-state index >= 15 is 0 Å². The second-order valence-corrected chi connectivity index (χ2v) is 4.07. The molecule has 0 aromatic heterocycles. The first-order valence-corrected chi connectivity index (χ1v) is 5.92. The van der Waals surface area contributed by atoms with E-state index in [1.807, 2.05) is 48.7 Å². The van der Waals surface area contributed by atoms with Crippen LogP contribution in [0.5, 0.6) is 5.75 Å². The first-order chi connectivity index (χ1) is 8.79. The predicted molar refractivity (Wildman–Crippen MR) is 76.7 cm³/mol. The van der Waals surface area contributed by atoms with E-state index < -0.39 is 0 Å². The van der Waals surface area contributed by atoms with Gasteiger partial charge in [0.05, 0.1) is 7.11 Å². The van der Waals surface area contributed by atoms with Gasteiger partial charge in [0.2, 0.25) is 0 Å². The molecule has 0 saturated heterocycles. The molecule has 2 heteroatoms. The maximum atomic E-state index is 5.12. The van der Waals surface area contributed by atoms with Crippen molar-refractivity contribution in [2.24, 2.45) is 0 Å². The van der Waals surface area contributed by atoms with Crippen LogP contribution < -0.4 is 10.1 Å². The molecule has 0 fully saturated rings. The van der Waals surface area contributed by atoms with Crippen LogP contribution in [0.25, 0.3) is 5.57 Å². The van der Waals surface area contributed by atoms with Crippen molar-refractivity contribution in [2.45, 2.75) is 6.92 Å². The van der Waals surface area contributed by atoms with Crippen molar-refractivity contribution in [3.63, 3.8) is 0 Å². The van der Waals surface area contributed by atoms with Crippen molar-refractivity contribution in [3.05, 3.63) is 66.4 Å². The Labute approximate surface area is 108 Å². The predicted octanol–water partition coefficient (Wildman–Crippen LogP) is 4.17. The quantitative estimate of drug-likeness (QED) is 0.864. The third-order valence-corrected chi connectivity index (χ3v) is 2.77. The number of rotatable bonds is 4. The summed E-state index contributed by atoms with van der Waals surface area (Å²) in [6.07, 6.45) is 2.01. The highest BCUT2D eigenvalue weighted by molar-refractivity contribution is 5.66. The maximum Gasteiger partial charge on any atom is 0.119 e. The molecule has 0 aliphatic carbocycles. The summed E-state index contributed by atoms with van der Waals surface area (Å²) >= 11 is 0. The number of benzene rings is 2. The molecule has 2 aromatic rings. The Hall–Kier alpha value is -2.22. The average Bonchev–Trinajstić information content (AvgIpc) is 2.46. The normalized spacial score (nSPS) is 11.1. The van der Waals surface area contributed by atoms with Gasteiger partial charge in [0, 0.05) is 11.9 Å². The Morgan fingerprint density at radius 3 is 2.28 bits per heavy atom. The van der Waals surface area contributed by atoms with Crippen LogP contribution in [-0.2, 0) is 0 Å². The molecule has 0 radical (unpaired) electrons. The fourth-order valence-corrected chi connectivity index (χ4v) is 1.66. The molecule has 18 heavy (non-hydrogen) atoms. The molecule has 2 nitrogen and oxygen atoms in total. The topological polar surface area (TPSA) is 21.3 Å². The minimum Gasteiger partial charge on any atom is -0.497 e. The van der Waals surface area contributed by atoms with E-state index in [9.17, 15) is 0 Å². The molecule has 1 N–H and O–H groups in total. The van der Waals surface area contributed by atoms with Crippen molar-refractivity contribution in [1.29, 1.82) is 0 Å². The Morgan fingerprint density at radius 1 is 1.00 bits per heavy atom. The lowest BCUT2D eigenvalue weighted by molar-refractivity contribution is 0.415. The molecule has 2 rings (SSSR count). The molecule has 92 valence electrons. The largest absolute Gasteiger partial charge is 0.497 e. The molecule has 0 aliphatic rings. The fraction of sp³-hybridized carbons (Fsp3) is 0.125. The highest BCUT2D eigenvalue weighted by atomic mass is 16.5. The molecule has 0 aliphatic heterocycles. The van der Waals surface area contributed by atoms with E-state index in [4.69, 9.17) is 4.74 Å². The number of ether oxygens (including phenoxy) is 1. The van der Waals surface area contributed by atoms with Crippen molar-refractivity contribution >= 4 is 11.3 Å². The van der Waals surface area contributed by atoms with Crippen LogP contribution in [0.15, 0.2) is 60.8 Å². The van der Waals surface area contributed by atoms with Gasteiger partial charge in [-0.1, -0.05) is 30.3 Å². The van der Waals surface area contributed by atoms with Gasteiger partial charge in [0.15, 0.2) is 0 Å². The summed E-state index contributed by atoms with van der Waals surface area (Å²) in [5.41, 5.74) is 3.47. The van der Waals surface area contributed by atoms with Crippen LogP contribution in [0.4, 0.5) is 5.69 Å². The number of nitrogens with one attached hydrogen (secondary N) is 1. The van der Waals surface area contributed by atoms with E-state index in [0.717, 1.165) is 11.4 Å². The summed E-state index contributed by atoms with van der Waals surface area (Å²) in [5, 5.41) is 3.28. The van der Waals surface area contributed by atoms with Gasteiger partial charge in [0.1, 0.15) is 5.75 Å². The summed E-state index contributed by atoms with van der Waals surface area (Å²) in [6.45, 7) is 2.09. The molecular weight excluding hydrogens is 222 g/mol. The van der Waals surface area contributed by atoms with Crippen LogP contribution in [0.1, 0.15) is 12.5 Å². The highest BCUT2D eigenvalue weighted by Gasteiger charge is 1.94. The smallest absolute Gasteiger partial charge is 0.119 e. The lowest BCUT2D eigenvalue weighted by atomic mass is 10.1. The Bertz CT molecular complexity index is 515. The van der Waals surface area contributed by atoms with E-state index in [0.29, 0.717) is 0 Å². The summed E-state index contributed by atoms with van der Waals surface area (Å²) in [6, 6.07) is 18.2. The lowest BCUT2D eigenvalue weighted by Gasteiger charge is -2.05. The van der Waals surface area contributed by atoms with Crippen LogP contribution in [0, 0.1) is 0 Å². The molecule has 0 unspecified atom stereocenters. The van der Waals surface area contributed by atoms with Crippen molar-refractivity contribution in [3.8, 4) is 5.75 Å². The van der Waals surface area contributed by atoms with Crippen molar-refractivity contribution < 1.29 is 4.74 Å². The minimum absolute atomic E-state index is 0.865.